The molecule has 2 nitrogen and oxygen atoms in total. The minimum atomic E-state index is 0.0393. The second kappa shape index (κ2) is 15.2. The number of ether oxygens (including phenoxy) is 2. The molecule has 0 amide bonds. The Bertz CT molecular complexity index is 969. The van der Waals surface area contributed by atoms with Crippen molar-refractivity contribution < 1.29 is 9.47 Å². The van der Waals surface area contributed by atoms with Crippen molar-refractivity contribution in [1.29, 1.82) is 0 Å². The first-order chi connectivity index (χ1) is 18.1. The summed E-state index contributed by atoms with van der Waals surface area (Å²) < 4.78 is 12.1. The van der Waals surface area contributed by atoms with Gasteiger partial charge in [0.25, 0.3) is 0 Å². The van der Waals surface area contributed by atoms with Gasteiger partial charge in [0.2, 0.25) is 0 Å². The van der Waals surface area contributed by atoms with Crippen LogP contribution in [-0.4, -0.2) is 46.2 Å². The lowest BCUT2D eigenvalue weighted by molar-refractivity contribution is 0.0648. The van der Waals surface area contributed by atoms with E-state index in [9.17, 15) is 0 Å². The predicted octanol–water partition coefficient (Wildman–Crippen LogP) is 9.05. The van der Waals surface area contributed by atoms with Crippen molar-refractivity contribution in [3.63, 3.8) is 0 Å². The number of benzene rings is 2. The van der Waals surface area contributed by atoms with E-state index < -0.39 is 0 Å². The fraction of sp³-hybridized carbons (Fsp3) is 0.548. The fourth-order valence-electron chi connectivity index (χ4n) is 4.85. The minimum absolute atomic E-state index is 0.0393. The van der Waals surface area contributed by atoms with Crippen LogP contribution in [0.4, 0.5) is 0 Å². The van der Waals surface area contributed by atoms with Crippen molar-refractivity contribution in [1.82, 2.24) is 0 Å². The molecule has 0 aromatic heterocycles. The Balaban J connectivity index is 1.43. The number of hydrogen-bond acceptors (Lipinski definition) is 6. The van der Waals surface area contributed by atoms with Gasteiger partial charge in [-0.1, -0.05) is 68.5 Å². The largest absolute Gasteiger partial charge is 0.497 e. The van der Waals surface area contributed by atoms with Crippen LogP contribution >= 0.6 is 47.0 Å². The van der Waals surface area contributed by atoms with E-state index in [0.717, 1.165) is 29.1 Å². The lowest BCUT2D eigenvalue weighted by Crippen LogP contribution is -2.18. The molecule has 2 aliphatic rings. The van der Waals surface area contributed by atoms with Crippen molar-refractivity contribution in [2.24, 2.45) is 0 Å². The van der Waals surface area contributed by atoms with Gasteiger partial charge in [0.05, 0.1) is 23.9 Å². The first-order valence-electron chi connectivity index (χ1n) is 13.6. The van der Waals surface area contributed by atoms with Crippen molar-refractivity contribution >= 4 is 47.0 Å². The summed E-state index contributed by atoms with van der Waals surface area (Å²) in [6, 6.07) is 19.3. The zero-order valence-corrected chi connectivity index (χ0v) is 25.7. The van der Waals surface area contributed by atoms with Crippen molar-refractivity contribution in [3.05, 3.63) is 77.9 Å². The summed E-state index contributed by atoms with van der Waals surface area (Å²) in [5.74, 6) is 4.71. The molecule has 5 unspecified atom stereocenters. The van der Waals surface area contributed by atoms with Gasteiger partial charge in [-0.2, -0.15) is 23.5 Å². The Morgan fingerprint density at radius 1 is 1.03 bits per heavy atom. The molecule has 0 saturated carbocycles. The highest BCUT2D eigenvalue weighted by molar-refractivity contribution is 8.21. The summed E-state index contributed by atoms with van der Waals surface area (Å²) in [7, 11) is 1.76. The van der Waals surface area contributed by atoms with E-state index in [4.69, 9.17) is 9.47 Å². The van der Waals surface area contributed by atoms with E-state index >= 15 is 0 Å². The summed E-state index contributed by atoms with van der Waals surface area (Å²) in [5.41, 5.74) is 2.60. The molecule has 0 spiro atoms. The standard InChI is InChI=1S/C31H42O2S4/c1-24-22-35-30(15-9-19-34-24)17-16-28(33-21-26-10-5-4-6-11-26)14-8-18-31(36-23-25(2)37-31)27-12-7-13-29(20-27)32-3/h4-8,10-14,20,24-25,28,30H,9,15-19,21-23H2,1-3H3. The summed E-state index contributed by atoms with van der Waals surface area (Å²) in [5, 5.41) is 2.17. The van der Waals surface area contributed by atoms with Crippen molar-refractivity contribution in [2.45, 2.75) is 78.5 Å². The molecule has 0 bridgehead atoms. The topological polar surface area (TPSA) is 18.5 Å². The van der Waals surface area contributed by atoms with Crippen molar-refractivity contribution in [2.75, 3.05) is 24.4 Å². The Hall–Kier alpha value is -0.660. The molecule has 37 heavy (non-hydrogen) atoms. The zero-order valence-electron chi connectivity index (χ0n) is 22.5. The van der Waals surface area contributed by atoms with E-state index in [-0.39, 0.29) is 10.2 Å². The monoisotopic (exact) mass is 574 g/mol. The van der Waals surface area contributed by atoms with E-state index in [2.05, 4.69) is 122 Å². The van der Waals surface area contributed by atoms with E-state index in [1.54, 1.807) is 7.11 Å². The molecule has 0 radical (unpaired) electrons. The summed E-state index contributed by atoms with van der Waals surface area (Å²) in [4.78, 5) is 0. The van der Waals surface area contributed by atoms with Gasteiger partial charge in [-0.15, -0.1) is 23.5 Å². The third kappa shape index (κ3) is 9.20. The Morgan fingerprint density at radius 2 is 1.89 bits per heavy atom. The van der Waals surface area contributed by atoms with Crippen LogP contribution < -0.4 is 4.74 Å². The molecule has 2 heterocycles. The fourth-order valence-corrected chi connectivity index (χ4v) is 10.9. The smallest absolute Gasteiger partial charge is 0.119 e. The number of allylic oxidation sites excluding steroid dienone is 1. The average molecular weight is 575 g/mol. The molecular formula is C31H42O2S4. The third-order valence-corrected chi connectivity index (χ3v) is 13.8. The Kier molecular flexibility index (Phi) is 12.1. The van der Waals surface area contributed by atoms with Gasteiger partial charge in [0.1, 0.15) is 5.75 Å². The number of thioether (sulfide) groups is 4. The molecule has 2 aromatic carbocycles. The van der Waals surface area contributed by atoms with Crippen LogP contribution in [0.25, 0.3) is 0 Å². The highest BCUT2D eigenvalue weighted by atomic mass is 32.2. The van der Waals surface area contributed by atoms with Crippen LogP contribution in [0.3, 0.4) is 0 Å². The maximum atomic E-state index is 6.52. The molecule has 2 fully saturated rings. The highest BCUT2D eigenvalue weighted by Crippen LogP contribution is 2.57. The van der Waals surface area contributed by atoms with Gasteiger partial charge in [-0.3, -0.25) is 0 Å². The molecule has 0 N–H and O–H groups in total. The van der Waals surface area contributed by atoms with Crippen LogP contribution in [0.2, 0.25) is 0 Å². The second-order valence-corrected chi connectivity index (χ2v) is 16.2. The predicted molar refractivity (Wildman–Crippen MR) is 170 cm³/mol. The van der Waals surface area contributed by atoms with E-state index in [1.807, 2.05) is 6.07 Å². The van der Waals surface area contributed by atoms with E-state index in [1.165, 1.54) is 47.6 Å². The Labute approximate surface area is 241 Å². The van der Waals surface area contributed by atoms with Gasteiger partial charge in [-0.05, 0) is 61.1 Å². The summed E-state index contributed by atoms with van der Waals surface area (Å²) in [6.07, 6.45) is 10.9. The summed E-state index contributed by atoms with van der Waals surface area (Å²) in [6.45, 7) is 5.40. The SMILES string of the molecule is COc1cccc(C2(CC=CC(CCC3CCCSC(C)CS3)OCc3ccccc3)SCC(C)S2)c1. The highest BCUT2D eigenvalue weighted by Gasteiger charge is 2.40. The molecule has 4 rings (SSSR count). The molecule has 2 aliphatic heterocycles. The quantitative estimate of drug-likeness (QED) is 0.247. The van der Waals surface area contributed by atoms with E-state index in [0.29, 0.717) is 11.9 Å². The number of rotatable bonds is 11. The lowest BCUT2D eigenvalue weighted by Gasteiger charge is -2.28. The Morgan fingerprint density at radius 3 is 2.68 bits per heavy atom. The normalized spacial score (nSPS) is 27.6. The molecule has 202 valence electrons. The molecule has 6 heteroatoms. The van der Waals surface area contributed by atoms with Crippen molar-refractivity contribution in [3.8, 4) is 5.75 Å². The number of methoxy groups -OCH3 is 1. The maximum Gasteiger partial charge on any atom is 0.119 e. The van der Waals surface area contributed by atoms with Crippen LogP contribution in [0, 0.1) is 0 Å². The lowest BCUT2D eigenvalue weighted by atomic mass is 10.1. The number of hydrogen-bond donors (Lipinski definition) is 0. The second-order valence-electron chi connectivity index (χ2n) is 10.0. The first-order valence-corrected chi connectivity index (χ1v) is 17.5. The van der Waals surface area contributed by atoms with Gasteiger partial charge in [-0.25, -0.2) is 0 Å². The minimum Gasteiger partial charge on any atom is -0.497 e. The zero-order chi connectivity index (χ0) is 25.9. The van der Waals surface area contributed by atoms with Crippen LogP contribution in [-0.2, 0) is 15.4 Å². The van der Waals surface area contributed by atoms with Gasteiger partial charge < -0.3 is 9.47 Å². The molecular weight excluding hydrogens is 533 g/mol. The van der Waals surface area contributed by atoms with Crippen LogP contribution in [0.5, 0.6) is 5.75 Å². The van der Waals surface area contributed by atoms with Crippen LogP contribution in [0.1, 0.15) is 57.1 Å². The van der Waals surface area contributed by atoms with Gasteiger partial charge in [0, 0.05) is 27.3 Å². The average Bonchev–Trinajstić information content (AvgIpc) is 3.31. The van der Waals surface area contributed by atoms with Crippen LogP contribution in [0.15, 0.2) is 66.7 Å². The van der Waals surface area contributed by atoms with Gasteiger partial charge in [0.15, 0.2) is 0 Å². The van der Waals surface area contributed by atoms with Gasteiger partial charge >= 0.3 is 0 Å². The maximum absolute atomic E-state index is 6.52. The molecule has 0 aliphatic carbocycles. The first kappa shape index (κ1) is 29.3. The summed E-state index contributed by atoms with van der Waals surface area (Å²) >= 11 is 8.51. The molecule has 5 atom stereocenters. The third-order valence-electron chi connectivity index (χ3n) is 6.91. The molecule has 2 aromatic rings. The molecule has 2 saturated heterocycles.